The summed E-state index contributed by atoms with van der Waals surface area (Å²) in [7, 11) is 0. The fraction of sp³-hybridized carbons (Fsp3) is 0.143. The molecule has 164 valence electrons. The van der Waals surface area contributed by atoms with Crippen molar-refractivity contribution in [3.05, 3.63) is 119 Å². The second kappa shape index (κ2) is 8.43. The van der Waals surface area contributed by atoms with Crippen LogP contribution in [0.4, 0.5) is 5.69 Å². The van der Waals surface area contributed by atoms with Crippen LogP contribution in [0.3, 0.4) is 0 Å². The molecular weight excluding hydrogens is 412 g/mol. The molecule has 33 heavy (non-hydrogen) atoms. The average Bonchev–Trinajstić information content (AvgIpc) is 3.39. The number of benzene rings is 2. The Hall–Kier alpha value is -4.12. The summed E-state index contributed by atoms with van der Waals surface area (Å²) in [5.41, 5.74) is 4.52. The predicted octanol–water partition coefficient (Wildman–Crippen LogP) is 6.78. The smallest absolute Gasteiger partial charge is 0.255 e. The van der Waals surface area contributed by atoms with Crippen LogP contribution in [0.25, 0.3) is 11.1 Å². The van der Waals surface area contributed by atoms with Crippen LogP contribution in [0.2, 0.25) is 0 Å². The number of furan rings is 2. The molecule has 0 aliphatic carbocycles. The van der Waals surface area contributed by atoms with Gasteiger partial charge in [0.25, 0.3) is 5.91 Å². The second-order valence-corrected chi connectivity index (χ2v) is 8.21. The Morgan fingerprint density at radius 1 is 0.879 bits per heavy atom. The first-order valence-corrected chi connectivity index (χ1v) is 10.9. The Morgan fingerprint density at radius 2 is 1.58 bits per heavy atom. The maximum absolute atomic E-state index is 13.2. The lowest BCUT2D eigenvalue weighted by Crippen LogP contribution is -2.14. The molecule has 1 amide bonds. The standard InChI is InChI=1S/C28H24N2O3/c1-17-16-18(2)29-28-23(17)25(30-27(31)21-12-8-5-9-13-21)26(33-28)24(20-10-6-4-7-11-20)22-15-14-19(3)32-22/h4-16,24H,1-3H3,(H,30,31)/t24-/m1/s1. The lowest BCUT2D eigenvalue weighted by molar-refractivity contribution is 0.102. The van der Waals surface area contributed by atoms with Crippen LogP contribution < -0.4 is 5.32 Å². The summed E-state index contributed by atoms with van der Waals surface area (Å²) in [6, 6.07) is 25.0. The van der Waals surface area contributed by atoms with Crippen LogP contribution in [-0.4, -0.2) is 10.9 Å². The Morgan fingerprint density at radius 3 is 2.24 bits per heavy atom. The SMILES string of the molecule is Cc1cc(C)c2c(NC(=O)c3ccccc3)c([C@H](c3ccccc3)c3ccc(C)o3)oc2n1. The number of nitrogens with zero attached hydrogens (tertiary/aromatic N) is 1. The molecule has 5 rings (SSSR count). The van der Waals surface area contributed by atoms with E-state index in [1.54, 1.807) is 12.1 Å². The third kappa shape index (κ3) is 3.94. The average molecular weight is 437 g/mol. The number of carbonyl (C=O) groups excluding carboxylic acids is 1. The first-order valence-electron chi connectivity index (χ1n) is 10.9. The molecular formula is C28H24N2O3. The molecule has 0 unspecified atom stereocenters. The fourth-order valence-corrected chi connectivity index (χ4v) is 4.26. The molecule has 2 aromatic carbocycles. The zero-order valence-electron chi connectivity index (χ0n) is 18.8. The molecule has 5 heteroatoms. The minimum absolute atomic E-state index is 0.207. The summed E-state index contributed by atoms with van der Waals surface area (Å²) in [5.74, 6) is 1.59. The van der Waals surface area contributed by atoms with Gasteiger partial charge in [-0.2, -0.15) is 0 Å². The highest BCUT2D eigenvalue weighted by molar-refractivity contribution is 6.09. The normalized spacial score (nSPS) is 12.1. The molecule has 1 N–H and O–H groups in total. The van der Waals surface area contributed by atoms with E-state index in [2.05, 4.69) is 10.3 Å². The van der Waals surface area contributed by atoms with E-state index in [9.17, 15) is 4.79 Å². The molecule has 1 atom stereocenters. The zero-order chi connectivity index (χ0) is 22.9. The molecule has 0 bridgehead atoms. The summed E-state index contributed by atoms with van der Waals surface area (Å²) in [4.78, 5) is 17.8. The van der Waals surface area contributed by atoms with Crippen LogP contribution in [0, 0.1) is 20.8 Å². The first-order chi connectivity index (χ1) is 16.0. The Kier molecular flexibility index (Phi) is 5.31. The van der Waals surface area contributed by atoms with Crippen molar-refractivity contribution in [3.8, 4) is 0 Å². The van der Waals surface area contributed by atoms with Gasteiger partial charge in [-0.25, -0.2) is 4.98 Å². The number of aromatic nitrogens is 1. The van der Waals surface area contributed by atoms with Gasteiger partial charge in [-0.15, -0.1) is 0 Å². The van der Waals surface area contributed by atoms with Crippen molar-refractivity contribution in [1.29, 1.82) is 0 Å². The van der Waals surface area contributed by atoms with E-state index >= 15 is 0 Å². The van der Waals surface area contributed by atoms with Gasteiger partial charge in [0.15, 0.2) is 0 Å². The number of nitrogens with one attached hydrogen (secondary N) is 1. The van der Waals surface area contributed by atoms with E-state index in [-0.39, 0.29) is 11.8 Å². The minimum atomic E-state index is -0.347. The molecule has 0 saturated carbocycles. The van der Waals surface area contributed by atoms with Crippen LogP contribution >= 0.6 is 0 Å². The highest BCUT2D eigenvalue weighted by Crippen LogP contribution is 2.43. The summed E-state index contributed by atoms with van der Waals surface area (Å²) < 4.78 is 12.4. The van der Waals surface area contributed by atoms with Gasteiger partial charge in [0, 0.05) is 11.3 Å². The molecule has 0 aliphatic rings. The maximum atomic E-state index is 13.2. The van der Waals surface area contributed by atoms with Gasteiger partial charge < -0.3 is 14.2 Å². The lowest BCUT2D eigenvalue weighted by Gasteiger charge is -2.16. The molecule has 3 heterocycles. The number of carbonyl (C=O) groups is 1. The summed E-state index contributed by atoms with van der Waals surface area (Å²) in [6.45, 7) is 5.85. The van der Waals surface area contributed by atoms with Gasteiger partial charge in [-0.3, -0.25) is 4.79 Å². The molecule has 0 fully saturated rings. The van der Waals surface area contributed by atoms with E-state index in [1.807, 2.05) is 87.5 Å². The van der Waals surface area contributed by atoms with E-state index in [0.29, 0.717) is 22.7 Å². The molecule has 3 aromatic heterocycles. The van der Waals surface area contributed by atoms with E-state index in [1.165, 1.54) is 0 Å². The number of pyridine rings is 1. The van der Waals surface area contributed by atoms with Gasteiger partial charge in [0.05, 0.1) is 11.1 Å². The number of hydrogen-bond acceptors (Lipinski definition) is 4. The number of aryl methyl sites for hydroxylation is 3. The van der Waals surface area contributed by atoms with Crippen molar-refractivity contribution >= 4 is 22.7 Å². The van der Waals surface area contributed by atoms with Crippen molar-refractivity contribution in [3.63, 3.8) is 0 Å². The number of fused-ring (bicyclic) bond motifs is 1. The topological polar surface area (TPSA) is 68.3 Å². The number of hydrogen-bond donors (Lipinski definition) is 1. The Bertz CT molecular complexity index is 1430. The molecule has 0 aliphatic heterocycles. The minimum Gasteiger partial charge on any atom is -0.465 e. The third-order valence-electron chi connectivity index (χ3n) is 5.73. The molecule has 0 radical (unpaired) electrons. The largest absolute Gasteiger partial charge is 0.465 e. The van der Waals surface area contributed by atoms with Crippen molar-refractivity contribution in [2.75, 3.05) is 5.32 Å². The number of anilines is 1. The summed E-state index contributed by atoms with van der Waals surface area (Å²) in [6.07, 6.45) is 0. The van der Waals surface area contributed by atoms with Crippen molar-refractivity contribution in [1.82, 2.24) is 4.98 Å². The number of amides is 1. The van der Waals surface area contributed by atoms with Gasteiger partial charge in [-0.1, -0.05) is 48.5 Å². The van der Waals surface area contributed by atoms with Crippen molar-refractivity contribution < 1.29 is 13.6 Å². The van der Waals surface area contributed by atoms with Crippen LogP contribution in [-0.2, 0) is 0 Å². The Labute approximate surface area is 192 Å². The van der Waals surface area contributed by atoms with E-state index < -0.39 is 0 Å². The Balaban J connectivity index is 1.74. The molecule has 0 saturated heterocycles. The van der Waals surface area contributed by atoms with E-state index in [0.717, 1.165) is 33.7 Å². The van der Waals surface area contributed by atoms with Crippen LogP contribution in [0.1, 0.15) is 50.4 Å². The molecule has 5 nitrogen and oxygen atoms in total. The van der Waals surface area contributed by atoms with Gasteiger partial charge in [0.1, 0.15) is 23.2 Å². The second-order valence-electron chi connectivity index (χ2n) is 8.21. The monoisotopic (exact) mass is 436 g/mol. The third-order valence-corrected chi connectivity index (χ3v) is 5.73. The maximum Gasteiger partial charge on any atom is 0.255 e. The quantitative estimate of drug-likeness (QED) is 0.330. The van der Waals surface area contributed by atoms with Crippen molar-refractivity contribution in [2.24, 2.45) is 0 Å². The van der Waals surface area contributed by atoms with Crippen molar-refractivity contribution in [2.45, 2.75) is 26.7 Å². The highest BCUT2D eigenvalue weighted by Gasteiger charge is 2.30. The molecule has 0 spiro atoms. The van der Waals surface area contributed by atoms with Gasteiger partial charge in [-0.05, 0) is 62.2 Å². The lowest BCUT2D eigenvalue weighted by atomic mass is 9.92. The fourth-order valence-electron chi connectivity index (χ4n) is 4.26. The zero-order valence-corrected chi connectivity index (χ0v) is 18.8. The molecule has 5 aromatic rings. The van der Waals surface area contributed by atoms with Crippen LogP contribution in [0.15, 0.2) is 87.7 Å². The summed E-state index contributed by atoms with van der Waals surface area (Å²) >= 11 is 0. The predicted molar refractivity (Wildman–Crippen MR) is 129 cm³/mol. The van der Waals surface area contributed by atoms with Crippen LogP contribution in [0.5, 0.6) is 0 Å². The number of rotatable bonds is 5. The van der Waals surface area contributed by atoms with E-state index in [4.69, 9.17) is 8.83 Å². The first kappa shape index (κ1) is 20.8. The summed E-state index contributed by atoms with van der Waals surface area (Å²) in [5, 5.41) is 3.92. The van der Waals surface area contributed by atoms with Gasteiger partial charge in [0.2, 0.25) is 5.71 Å². The van der Waals surface area contributed by atoms with Gasteiger partial charge >= 0.3 is 0 Å². The highest BCUT2D eigenvalue weighted by atomic mass is 16.4.